The molecule has 2 heterocycles. The van der Waals surface area contributed by atoms with Gasteiger partial charge in [0.05, 0.1) is 34.5 Å². The molecule has 0 fully saturated rings. The summed E-state index contributed by atoms with van der Waals surface area (Å²) < 4.78 is 15.7. The van der Waals surface area contributed by atoms with Crippen molar-refractivity contribution < 1.29 is 9.47 Å². The highest BCUT2D eigenvalue weighted by atomic mass is 79.9. The minimum absolute atomic E-state index is 0.0643. The Morgan fingerprint density at radius 3 is 2.76 bits per heavy atom. The van der Waals surface area contributed by atoms with Gasteiger partial charge in [0.15, 0.2) is 4.80 Å². The zero-order valence-electron chi connectivity index (χ0n) is 20.8. The fraction of sp³-hybridized carbons (Fsp3) is 0.200. The first-order chi connectivity index (χ1) is 18.5. The van der Waals surface area contributed by atoms with Gasteiger partial charge in [0, 0.05) is 15.6 Å². The number of methoxy groups -OCH3 is 1. The molecule has 0 amide bonds. The van der Waals surface area contributed by atoms with E-state index in [2.05, 4.69) is 62.2 Å². The van der Waals surface area contributed by atoms with E-state index in [1.807, 2.05) is 47.9 Å². The van der Waals surface area contributed by atoms with Gasteiger partial charge in [-0.15, -0.1) is 0 Å². The van der Waals surface area contributed by atoms with E-state index in [0.29, 0.717) is 21.7 Å². The van der Waals surface area contributed by atoms with Crippen molar-refractivity contribution in [2.24, 2.45) is 4.99 Å². The maximum Gasteiger partial charge on any atom is 0.271 e. The SMILES string of the molecule is CCOc1c(Br)cc(Br)cc1/C=c1/sc2n(c1=O)[C@H](c1cccc(OC)c1)C1=C(N=2)c2ccccc2CC1. The zero-order valence-corrected chi connectivity index (χ0v) is 24.8. The lowest BCUT2D eigenvalue weighted by Crippen LogP contribution is -2.38. The fourth-order valence-electron chi connectivity index (χ4n) is 5.26. The predicted octanol–water partition coefficient (Wildman–Crippen LogP) is 6.25. The maximum atomic E-state index is 14.1. The Morgan fingerprint density at radius 2 is 1.95 bits per heavy atom. The summed E-state index contributed by atoms with van der Waals surface area (Å²) in [5.74, 6) is 1.47. The van der Waals surface area contributed by atoms with E-state index in [9.17, 15) is 4.79 Å². The maximum absolute atomic E-state index is 14.1. The number of thiazole rings is 1. The third kappa shape index (κ3) is 4.38. The van der Waals surface area contributed by atoms with Crippen LogP contribution in [0.3, 0.4) is 0 Å². The van der Waals surface area contributed by atoms with Gasteiger partial charge in [-0.3, -0.25) is 9.36 Å². The monoisotopic (exact) mass is 650 g/mol. The van der Waals surface area contributed by atoms with Gasteiger partial charge in [0.2, 0.25) is 0 Å². The number of allylic oxidation sites excluding steroid dienone is 1. The highest BCUT2D eigenvalue weighted by Gasteiger charge is 2.32. The molecule has 1 atom stereocenters. The zero-order chi connectivity index (χ0) is 26.4. The summed E-state index contributed by atoms with van der Waals surface area (Å²) in [6, 6.07) is 20.1. The summed E-state index contributed by atoms with van der Waals surface area (Å²) in [6.45, 7) is 2.47. The number of fused-ring (bicyclic) bond motifs is 3. The van der Waals surface area contributed by atoms with E-state index in [1.54, 1.807) is 7.11 Å². The number of halogens is 2. The van der Waals surface area contributed by atoms with Crippen LogP contribution >= 0.6 is 43.2 Å². The molecule has 1 aliphatic heterocycles. The topological polar surface area (TPSA) is 52.8 Å². The molecule has 0 bridgehead atoms. The van der Waals surface area contributed by atoms with Crippen molar-refractivity contribution in [2.45, 2.75) is 25.8 Å². The van der Waals surface area contributed by atoms with E-state index in [0.717, 1.165) is 55.5 Å². The third-order valence-corrected chi connectivity index (χ3v) is 8.92. The smallest absolute Gasteiger partial charge is 0.271 e. The van der Waals surface area contributed by atoms with Crippen LogP contribution in [0.25, 0.3) is 11.8 Å². The molecule has 2 aliphatic rings. The summed E-state index contributed by atoms with van der Waals surface area (Å²) in [4.78, 5) is 19.9. The van der Waals surface area contributed by atoms with Crippen molar-refractivity contribution >= 4 is 55.0 Å². The van der Waals surface area contributed by atoms with Gasteiger partial charge in [-0.05, 0) is 82.7 Å². The van der Waals surface area contributed by atoms with Crippen molar-refractivity contribution in [2.75, 3.05) is 13.7 Å². The lowest BCUT2D eigenvalue weighted by molar-refractivity contribution is 0.337. The van der Waals surface area contributed by atoms with Crippen LogP contribution in [0.2, 0.25) is 0 Å². The Kier molecular flexibility index (Phi) is 6.88. The van der Waals surface area contributed by atoms with Crippen LogP contribution < -0.4 is 24.4 Å². The molecule has 4 aromatic rings. The molecule has 0 spiro atoms. The molecule has 0 saturated heterocycles. The molecule has 0 saturated carbocycles. The number of aryl methyl sites for hydroxylation is 1. The molecule has 5 nitrogen and oxygen atoms in total. The average Bonchev–Trinajstić information content (AvgIpc) is 3.23. The van der Waals surface area contributed by atoms with E-state index in [1.165, 1.54) is 16.9 Å². The molecule has 0 unspecified atom stereocenters. The number of rotatable bonds is 5. The second kappa shape index (κ2) is 10.3. The Hall–Kier alpha value is -2.94. The quantitative estimate of drug-likeness (QED) is 0.256. The van der Waals surface area contributed by atoms with Crippen molar-refractivity contribution in [3.63, 3.8) is 0 Å². The first kappa shape index (κ1) is 25.3. The van der Waals surface area contributed by atoms with Crippen LogP contribution in [0.4, 0.5) is 0 Å². The van der Waals surface area contributed by atoms with Gasteiger partial charge in [-0.1, -0.05) is 63.7 Å². The number of aromatic nitrogens is 1. The van der Waals surface area contributed by atoms with Gasteiger partial charge in [-0.2, -0.15) is 0 Å². The van der Waals surface area contributed by atoms with Gasteiger partial charge in [0.1, 0.15) is 11.5 Å². The second-order valence-corrected chi connectivity index (χ2v) is 11.9. The van der Waals surface area contributed by atoms with Crippen molar-refractivity contribution in [1.82, 2.24) is 4.57 Å². The van der Waals surface area contributed by atoms with Gasteiger partial charge in [-0.25, -0.2) is 4.99 Å². The molecule has 192 valence electrons. The molecule has 0 radical (unpaired) electrons. The van der Waals surface area contributed by atoms with E-state index in [4.69, 9.17) is 14.5 Å². The fourth-order valence-corrected chi connectivity index (χ4v) is 7.62. The molecule has 38 heavy (non-hydrogen) atoms. The molecule has 1 aliphatic carbocycles. The van der Waals surface area contributed by atoms with Crippen molar-refractivity contribution in [3.8, 4) is 11.5 Å². The van der Waals surface area contributed by atoms with E-state index in [-0.39, 0.29) is 11.6 Å². The number of hydrogen-bond acceptors (Lipinski definition) is 5. The van der Waals surface area contributed by atoms with Crippen LogP contribution in [0, 0.1) is 0 Å². The number of nitrogens with zero attached hydrogens (tertiary/aromatic N) is 2. The first-order valence-electron chi connectivity index (χ1n) is 12.4. The van der Waals surface area contributed by atoms with Gasteiger partial charge >= 0.3 is 0 Å². The predicted molar refractivity (Wildman–Crippen MR) is 159 cm³/mol. The van der Waals surface area contributed by atoms with Gasteiger partial charge in [0.25, 0.3) is 5.56 Å². The van der Waals surface area contributed by atoms with Crippen LogP contribution in [0.5, 0.6) is 11.5 Å². The first-order valence-corrected chi connectivity index (χ1v) is 14.8. The van der Waals surface area contributed by atoms with Crippen molar-refractivity contribution in [3.05, 3.63) is 117 Å². The number of ether oxygens (including phenoxy) is 2. The minimum Gasteiger partial charge on any atom is -0.497 e. The Morgan fingerprint density at radius 1 is 1.11 bits per heavy atom. The minimum atomic E-state index is -0.257. The number of benzene rings is 3. The molecular weight excluding hydrogens is 628 g/mol. The summed E-state index contributed by atoms with van der Waals surface area (Å²) in [6.07, 6.45) is 3.66. The molecule has 3 aromatic carbocycles. The molecule has 0 N–H and O–H groups in total. The Bertz CT molecular complexity index is 1790. The average molecular weight is 652 g/mol. The molecular formula is C30H24Br2N2O3S. The Labute approximate surface area is 241 Å². The van der Waals surface area contributed by atoms with Crippen LogP contribution in [-0.4, -0.2) is 18.3 Å². The summed E-state index contributed by atoms with van der Waals surface area (Å²) in [7, 11) is 1.66. The van der Waals surface area contributed by atoms with Crippen LogP contribution in [0.15, 0.2) is 85.0 Å². The van der Waals surface area contributed by atoms with Crippen molar-refractivity contribution in [1.29, 1.82) is 0 Å². The van der Waals surface area contributed by atoms with E-state index >= 15 is 0 Å². The van der Waals surface area contributed by atoms with Gasteiger partial charge < -0.3 is 9.47 Å². The summed E-state index contributed by atoms with van der Waals surface area (Å²) in [5, 5.41) is 0. The number of hydrogen-bond donors (Lipinski definition) is 0. The highest BCUT2D eigenvalue weighted by Crippen LogP contribution is 2.41. The third-order valence-electron chi connectivity index (χ3n) is 6.89. The van der Waals surface area contributed by atoms with Crippen LogP contribution in [-0.2, 0) is 6.42 Å². The molecule has 8 heteroatoms. The molecule has 6 rings (SSSR count). The highest BCUT2D eigenvalue weighted by molar-refractivity contribution is 9.11. The lowest BCUT2D eigenvalue weighted by atomic mass is 9.83. The lowest BCUT2D eigenvalue weighted by Gasteiger charge is -2.31. The Balaban J connectivity index is 1.62. The normalized spacial score (nSPS) is 16.4. The van der Waals surface area contributed by atoms with Crippen LogP contribution in [0.1, 0.15) is 41.6 Å². The standard InChI is InChI=1S/C30H24Br2N2O3S/c1-3-37-28-19(13-20(31)16-24(28)32)15-25-29(35)34-27(18-8-6-9-21(14-18)36-2)23-12-11-17-7-4-5-10-22(17)26(23)33-30(34)38-25/h4-10,13-16,27H,3,11-12H2,1-2H3/b25-15+/t27-/m1/s1. The largest absolute Gasteiger partial charge is 0.497 e. The summed E-state index contributed by atoms with van der Waals surface area (Å²) >= 11 is 8.59. The second-order valence-electron chi connectivity index (χ2n) is 9.13. The molecule has 1 aromatic heterocycles. The van der Waals surface area contributed by atoms with E-state index < -0.39 is 0 Å². The summed E-state index contributed by atoms with van der Waals surface area (Å²) in [5.41, 5.74) is 6.35.